The van der Waals surface area contributed by atoms with Crippen LogP contribution >= 0.6 is 11.6 Å². The summed E-state index contributed by atoms with van der Waals surface area (Å²) in [6.07, 6.45) is 0.728. The molecule has 0 fully saturated rings. The minimum atomic E-state index is -0.192. The topological polar surface area (TPSA) is 59.2 Å². The molecule has 0 bridgehead atoms. The van der Waals surface area contributed by atoms with Crippen molar-refractivity contribution in [2.24, 2.45) is 0 Å². The highest BCUT2D eigenvalue weighted by molar-refractivity contribution is 6.30. The number of hydrogen-bond donors (Lipinski definition) is 0. The minimum absolute atomic E-state index is 0.0103. The smallest absolute Gasteiger partial charge is 0.246 e. The molecule has 1 atom stereocenters. The average Bonchev–Trinajstić information content (AvgIpc) is 3.16. The molecule has 0 aliphatic carbocycles. The predicted molar refractivity (Wildman–Crippen MR) is 110 cm³/mol. The molecule has 0 radical (unpaired) electrons. The van der Waals surface area contributed by atoms with Crippen molar-refractivity contribution in [3.8, 4) is 11.4 Å². The van der Waals surface area contributed by atoms with E-state index in [4.69, 9.17) is 16.1 Å². The molecule has 1 heterocycles. The van der Waals surface area contributed by atoms with Gasteiger partial charge in [-0.05, 0) is 50.1 Å². The number of benzene rings is 2. The maximum Gasteiger partial charge on any atom is 0.246 e. The second-order valence-corrected chi connectivity index (χ2v) is 7.39. The van der Waals surface area contributed by atoms with Crippen LogP contribution in [0.25, 0.3) is 11.4 Å². The summed E-state index contributed by atoms with van der Waals surface area (Å²) >= 11 is 5.93. The Bertz CT molecular complexity index is 907. The Labute approximate surface area is 170 Å². The summed E-state index contributed by atoms with van der Waals surface area (Å²) in [5.41, 5.74) is 1.84. The Morgan fingerprint density at radius 1 is 1.11 bits per heavy atom. The zero-order chi connectivity index (χ0) is 20.1. The van der Waals surface area contributed by atoms with Crippen LogP contribution in [0.1, 0.15) is 44.6 Å². The number of nitrogens with zero attached hydrogens (tertiary/aromatic N) is 3. The van der Waals surface area contributed by atoms with E-state index >= 15 is 0 Å². The van der Waals surface area contributed by atoms with Crippen LogP contribution in [-0.4, -0.2) is 27.0 Å². The van der Waals surface area contributed by atoms with Crippen molar-refractivity contribution < 1.29 is 9.32 Å². The molecular formula is C22H24ClN3O2. The third-order valence-electron chi connectivity index (χ3n) is 4.69. The predicted octanol–water partition coefficient (Wildman–Crippen LogP) is 5.32. The molecule has 1 amide bonds. The van der Waals surface area contributed by atoms with Crippen LogP contribution in [-0.2, 0) is 11.3 Å². The molecule has 0 aliphatic heterocycles. The van der Waals surface area contributed by atoms with Crippen molar-refractivity contribution >= 4 is 17.5 Å². The Balaban J connectivity index is 1.79. The second kappa shape index (κ2) is 9.02. The number of halogens is 1. The van der Waals surface area contributed by atoms with Gasteiger partial charge in [0.25, 0.3) is 0 Å². The normalized spacial score (nSPS) is 12.2. The van der Waals surface area contributed by atoms with Gasteiger partial charge in [-0.15, -0.1) is 0 Å². The van der Waals surface area contributed by atoms with Gasteiger partial charge in [0, 0.05) is 16.6 Å². The second-order valence-electron chi connectivity index (χ2n) is 6.95. The van der Waals surface area contributed by atoms with E-state index in [0.29, 0.717) is 16.7 Å². The highest BCUT2D eigenvalue weighted by Gasteiger charge is 2.27. The highest BCUT2D eigenvalue weighted by atomic mass is 35.5. The summed E-state index contributed by atoms with van der Waals surface area (Å²) in [5, 5.41) is 4.69. The molecular weight excluding hydrogens is 374 g/mol. The van der Waals surface area contributed by atoms with E-state index in [0.717, 1.165) is 17.5 Å². The first-order valence-corrected chi connectivity index (χ1v) is 9.81. The average molecular weight is 398 g/mol. The Morgan fingerprint density at radius 2 is 1.79 bits per heavy atom. The zero-order valence-electron chi connectivity index (χ0n) is 16.3. The van der Waals surface area contributed by atoms with Crippen molar-refractivity contribution in [2.45, 2.75) is 45.7 Å². The van der Waals surface area contributed by atoms with Crippen LogP contribution in [0.3, 0.4) is 0 Å². The molecule has 0 unspecified atom stereocenters. The first-order chi connectivity index (χ1) is 13.5. The number of carbonyl (C=O) groups excluding carboxylic acids is 1. The van der Waals surface area contributed by atoms with Gasteiger partial charge in [0.15, 0.2) is 0 Å². The quantitative estimate of drug-likeness (QED) is 0.541. The number of aromatic nitrogens is 2. The third kappa shape index (κ3) is 4.60. The van der Waals surface area contributed by atoms with Gasteiger partial charge in [-0.1, -0.05) is 54.0 Å². The number of carbonyl (C=O) groups is 1. The lowest BCUT2D eigenvalue weighted by Crippen LogP contribution is -2.39. The standard InChI is InChI=1S/C22H24ClN3O2/c1-4-19(16-8-6-5-7-9-16)22(27)26(15(2)3)14-20-24-21(25-28-20)17-10-12-18(23)13-11-17/h5-13,15,19H,4,14H2,1-3H3/t19-/m1/s1. The molecule has 6 heteroatoms. The van der Waals surface area contributed by atoms with Crippen LogP contribution in [0.4, 0.5) is 0 Å². The molecule has 0 saturated heterocycles. The molecule has 0 spiro atoms. The lowest BCUT2D eigenvalue weighted by Gasteiger charge is -2.29. The van der Waals surface area contributed by atoms with E-state index in [2.05, 4.69) is 10.1 Å². The van der Waals surface area contributed by atoms with E-state index < -0.39 is 0 Å². The van der Waals surface area contributed by atoms with Gasteiger partial charge in [-0.3, -0.25) is 4.79 Å². The summed E-state index contributed by atoms with van der Waals surface area (Å²) in [6.45, 7) is 6.29. The Kier molecular flexibility index (Phi) is 6.47. The molecule has 0 saturated carbocycles. The monoisotopic (exact) mass is 397 g/mol. The van der Waals surface area contributed by atoms with Crippen molar-refractivity contribution in [2.75, 3.05) is 0 Å². The lowest BCUT2D eigenvalue weighted by molar-refractivity contribution is -0.135. The Morgan fingerprint density at radius 3 is 2.39 bits per heavy atom. The Hall–Kier alpha value is -2.66. The summed E-state index contributed by atoms with van der Waals surface area (Å²) in [4.78, 5) is 19.5. The summed E-state index contributed by atoms with van der Waals surface area (Å²) in [7, 11) is 0. The third-order valence-corrected chi connectivity index (χ3v) is 4.94. The van der Waals surface area contributed by atoms with Crippen molar-refractivity contribution in [1.82, 2.24) is 15.0 Å². The van der Waals surface area contributed by atoms with Crippen molar-refractivity contribution in [1.29, 1.82) is 0 Å². The molecule has 146 valence electrons. The fourth-order valence-corrected chi connectivity index (χ4v) is 3.26. The fraction of sp³-hybridized carbons (Fsp3) is 0.318. The van der Waals surface area contributed by atoms with Gasteiger partial charge >= 0.3 is 0 Å². The van der Waals surface area contributed by atoms with Gasteiger partial charge in [-0.25, -0.2) is 0 Å². The highest BCUT2D eigenvalue weighted by Crippen LogP contribution is 2.25. The molecule has 3 rings (SSSR count). The van der Waals surface area contributed by atoms with E-state index in [1.165, 1.54) is 0 Å². The molecule has 28 heavy (non-hydrogen) atoms. The SMILES string of the molecule is CC[C@@H](C(=O)N(Cc1nc(-c2ccc(Cl)cc2)no1)C(C)C)c1ccccc1. The first-order valence-electron chi connectivity index (χ1n) is 9.43. The van der Waals surface area contributed by atoms with Gasteiger partial charge in [0.05, 0.1) is 5.92 Å². The summed E-state index contributed by atoms with van der Waals surface area (Å²) in [6, 6.07) is 17.1. The van der Waals surface area contributed by atoms with Crippen LogP contribution in [0.5, 0.6) is 0 Å². The minimum Gasteiger partial charge on any atom is -0.337 e. The number of hydrogen-bond acceptors (Lipinski definition) is 4. The van der Waals surface area contributed by atoms with Crippen LogP contribution in [0.2, 0.25) is 5.02 Å². The van der Waals surface area contributed by atoms with Crippen LogP contribution in [0, 0.1) is 0 Å². The van der Waals surface area contributed by atoms with Crippen molar-refractivity contribution in [3.05, 3.63) is 71.1 Å². The van der Waals surface area contributed by atoms with Crippen LogP contribution < -0.4 is 0 Å². The van der Waals surface area contributed by atoms with Crippen LogP contribution in [0.15, 0.2) is 59.1 Å². The van der Waals surface area contributed by atoms with Gasteiger partial charge in [-0.2, -0.15) is 4.98 Å². The number of amides is 1. The summed E-state index contributed by atoms with van der Waals surface area (Å²) in [5.74, 6) is 0.769. The summed E-state index contributed by atoms with van der Waals surface area (Å²) < 4.78 is 5.41. The zero-order valence-corrected chi connectivity index (χ0v) is 17.1. The van der Waals surface area contributed by atoms with Gasteiger partial charge in [0.1, 0.15) is 6.54 Å². The lowest BCUT2D eigenvalue weighted by atomic mass is 9.94. The number of rotatable bonds is 7. The molecule has 0 N–H and O–H groups in total. The van der Waals surface area contributed by atoms with E-state index in [1.807, 2.05) is 63.2 Å². The molecule has 1 aromatic heterocycles. The molecule has 5 nitrogen and oxygen atoms in total. The van der Waals surface area contributed by atoms with E-state index in [9.17, 15) is 4.79 Å². The van der Waals surface area contributed by atoms with E-state index in [1.54, 1.807) is 17.0 Å². The molecule has 0 aliphatic rings. The van der Waals surface area contributed by atoms with Crippen molar-refractivity contribution in [3.63, 3.8) is 0 Å². The maximum atomic E-state index is 13.3. The largest absolute Gasteiger partial charge is 0.337 e. The van der Waals surface area contributed by atoms with Gasteiger partial charge < -0.3 is 9.42 Å². The fourth-order valence-electron chi connectivity index (χ4n) is 3.13. The molecule has 3 aromatic rings. The first kappa shape index (κ1) is 20.1. The van der Waals surface area contributed by atoms with E-state index in [-0.39, 0.29) is 24.4 Å². The maximum absolute atomic E-state index is 13.3. The molecule has 2 aromatic carbocycles. The van der Waals surface area contributed by atoms with Gasteiger partial charge in [0.2, 0.25) is 17.6 Å².